The molecule has 0 aliphatic heterocycles. The highest BCUT2D eigenvalue weighted by atomic mass is 35.5. The number of carbonyl (C=O) groups is 2. The van der Waals surface area contributed by atoms with Crippen molar-refractivity contribution in [1.29, 1.82) is 0 Å². The fraction of sp³-hybridized carbons (Fsp3) is 0.857. The predicted molar refractivity (Wildman–Crippen MR) is 75.0 cm³/mol. The molecule has 1 amide bonds. The zero-order chi connectivity index (χ0) is 14.6. The number of carbonyl (C=O) groups excluding carboxylic acids is 2. The lowest BCUT2D eigenvalue weighted by atomic mass is 9.77. The van der Waals surface area contributed by atoms with Crippen LogP contribution in [0.15, 0.2) is 0 Å². The van der Waals surface area contributed by atoms with E-state index >= 15 is 0 Å². The van der Waals surface area contributed by atoms with Gasteiger partial charge < -0.3 is 9.64 Å². The van der Waals surface area contributed by atoms with Crippen molar-refractivity contribution in [3.8, 4) is 0 Å². The number of esters is 1. The number of amides is 1. The summed E-state index contributed by atoms with van der Waals surface area (Å²) in [5.74, 6) is 0.0803. The summed E-state index contributed by atoms with van der Waals surface area (Å²) in [4.78, 5) is 25.6. The lowest BCUT2D eigenvalue weighted by Crippen LogP contribution is -2.55. The van der Waals surface area contributed by atoms with Crippen LogP contribution in [-0.2, 0) is 14.3 Å². The summed E-state index contributed by atoms with van der Waals surface area (Å²) in [5.41, 5.74) is 0. The number of nitrogens with zero attached hydrogens (tertiary/aromatic N) is 1. The Bertz CT molecular complexity index is 325. The first-order valence-electron chi connectivity index (χ1n) is 6.89. The van der Waals surface area contributed by atoms with E-state index in [1.807, 2.05) is 0 Å². The summed E-state index contributed by atoms with van der Waals surface area (Å²) in [6, 6.07) is -0.515. The second-order valence-electron chi connectivity index (χ2n) is 5.51. The fourth-order valence-corrected chi connectivity index (χ4v) is 3.34. The molecule has 0 aromatic carbocycles. The summed E-state index contributed by atoms with van der Waals surface area (Å²) in [7, 11) is 1.34. The van der Waals surface area contributed by atoms with Gasteiger partial charge in [-0.3, -0.25) is 4.79 Å². The van der Waals surface area contributed by atoms with Crippen molar-refractivity contribution < 1.29 is 14.3 Å². The number of hydrogen-bond donors (Lipinski definition) is 0. The van der Waals surface area contributed by atoms with Gasteiger partial charge in [-0.1, -0.05) is 20.3 Å². The maximum absolute atomic E-state index is 12.2. The Morgan fingerprint density at radius 1 is 1.32 bits per heavy atom. The van der Waals surface area contributed by atoms with E-state index in [2.05, 4.69) is 13.8 Å². The number of methoxy groups -OCH3 is 1. The molecule has 3 unspecified atom stereocenters. The minimum atomic E-state index is -0.579. The normalized spacial score (nSPS) is 28.6. The first kappa shape index (κ1) is 16.3. The number of hydrogen-bond acceptors (Lipinski definition) is 3. The summed E-state index contributed by atoms with van der Waals surface area (Å²) in [6.07, 6.45) is 3.33. The van der Waals surface area contributed by atoms with Crippen molar-refractivity contribution in [3.63, 3.8) is 0 Å². The zero-order valence-corrected chi connectivity index (χ0v) is 12.9. The Kier molecular flexibility index (Phi) is 6.11. The smallest absolute Gasteiger partial charge is 0.328 e. The van der Waals surface area contributed by atoms with E-state index in [0.29, 0.717) is 11.8 Å². The van der Waals surface area contributed by atoms with Crippen molar-refractivity contribution in [2.45, 2.75) is 52.1 Å². The lowest BCUT2D eigenvalue weighted by molar-refractivity contribution is -0.155. The lowest BCUT2D eigenvalue weighted by Gasteiger charge is -2.44. The molecule has 0 bridgehead atoms. The van der Waals surface area contributed by atoms with Gasteiger partial charge in [-0.25, -0.2) is 4.79 Å². The third-order valence-electron chi connectivity index (χ3n) is 4.17. The van der Waals surface area contributed by atoms with Gasteiger partial charge in [-0.15, -0.1) is 11.6 Å². The number of halogens is 1. The van der Waals surface area contributed by atoms with Crippen LogP contribution in [0.5, 0.6) is 0 Å². The van der Waals surface area contributed by atoms with Gasteiger partial charge in [0, 0.05) is 6.04 Å². The minimum absolute atomic E-state index is 0.0640. The molecule has 0 saturated heterocycles. The highest BCUT2D eigenvalue weighted by Crippen LogP contribution is 2.34. The van der Waals surface area contributed by atoms with Crippen molar-refractivity contribution >= 4 is 23.5 Å². The van der Waals surface area contributed by atoms with Gasteiger partial charge in [0.1, 0.15) is 11.9 Å². The maximum atomic E-state index is 12.2. The van der Waals surface area contributed by atoms with Crippen molar-refractivity contribution in [1.82, 2.24) is 4.90 Å². The van der Waals surface area contributed by atoms with Gasteiger partial charge in [-0.2, -0.15) is 0 Å². The molecular weight excluding hydrogens is 266 g/mol. The summed E-state index contributed by atoms with van der Waals surface area (Å²) >= 11 is 5.71. The van der Waals surface area contributed by atoms with Gasteiger partial charge in [0.05, 0.1) is 7.11 Å². The average Bonchev–Trinajstić information content (AvgIpc) is 2.40. The molecule has 5 heteroatoms. The molecular formula is C14H24ClNO3. The Balaban J connectivity index is 3.01. The molecule has 1 fully saturated rings. The quantitative estimate of drug-likeness (QED) is 0.590. The SMILES string of the molecule is COC(=O)C(C)N(C(=O)CCl)C1C(C)CCCC1C. The molecule has 4 nitrogen and oxygen atoms in total. The van der Waals surface area contributed by atoms with Crippen LogP contribution in [0.3, 0.4) is 0 Å². The van der Waals surface area contributed by atoms with Gasteiger partial charge in [0.15, 0.2) is 0 Å². The van der Waals surface area contributed by atoms with E-state index < -0.39 is 6.04 Å². The van der Waals surface area contributed by atoms with Crippen LogP contribution in [-0.4, -0.2) is 41.8 Å². The Labute approximate surface area is 120 Å². The first-order chi connectivity index (χ1) is 8.93. The fourth-order valence-electron chi connectivity index (χ4n) is 3.21. The molecule has 19 heavy (non-hydrogen) atoms. The van der Waals surface area contributed by atoms with Crippen molar-refractivity contribution in [2.24, 2.45) is 11.8 Å². The van der Waals surface area contributed by atoms with Crippen LogP contribution in [0.25, 0.3) is 0 Å². The number of ether oxygens (including phenoxy) is 1. The highest BCUT2D eigenvalue weighted by Gasteiger charge is 2.39. The molecule has 1 aliphatic rings. The standard InChI is InChI=1S/C14H24ClNO3/c1-9-6-5-7-10(2)13(9)16(12(17)8-15)11(3)14(18)19-4/h9-11,13H,5-8H2,1-4H3. The number of alkyl halides is 1. The molecule has 0 aromatic rings. The Morgan fingerprint density at radius 3 is 2.26 bits per heavy atom. The first-order valence-corrected chi connectivity index (χ1v) is 7.42. The largest absolute Gasteiger partial charge is 0.467 e. The average molecular weight is 290 g/mol. The molecule has 1 saturated carbocycles. The van der Waals surface area contributed by atoms with E-state index in [1.165, 1.54) is 13.5 Å². The molecule has 0 spiro atoms. The van der Waals surface area contributed by atoms with Crippen molar-refractivity contribution in [3.05, 3.63) is 0 Å². The van der Waals surface area contributed by atoms with E-state index in [1.54, 1.807) is 11.8 Å². The molecule has 1 aliphatic carbocycles. The predicted octanol–water partition coefficient (Wildman–Crippen LogP) is 2.44. The number of rotatable bonds is 4. The molecule has 0 N–H and O–H groups in total. The minimum Gasteiger partial charge on any atom is -0.467 e. The topological polar surface area (TPSA) is 46.6 Å². The molecule has 0 radical (unpaired) electrons. The van der Waals surface area contributed by atoms with Crippen LogP contribution in [0.4, 0.5) is 0 Å². The second kappa shape index (κ2) is 7.13. The Morgan fingerprint density at radius 2 is 1.84 bits per heavy atom. The van der Waals surface area contributed by atoms with E-state index in [4.69, 9.17) is 16.3 Å². The van der Waals surface area contributed by atoms with Crippen LogP contribution in [0.2, 0.25) is 0 Å². The molecule has 0 heterocycles. The van der Waals surface area contributed by atoms with E-state index in [9.17, 15) is 9.59 Å². The third kappa shape index (κ3) is 3.62. The van der Waals surface area contributed by atoms with Crippen LogP contribution >= 0.6 is 11.6 Å². The third-order valence-corrected chi connectivity index (χ3v) is 4.40. The van der Waals surface area contributed by atoms with Gasteiger partial charge in [0.2, 0.25) is 5.91 Å². The molecule has 110 valence electrons. The molecule has 0 aromatic heterocycles. The van der Waals surface area contributed by atoms with Gasteiger partial charge >= 0.3 is 5.97 Å². The second-order valence-corrected chi connectivity index (χ2v) is 5.78. The highest BCUT2D eigenvalue weighted by molar-refractivity contribution is 6.27. The monoisotopic (exact) mass is 289 g/mol. The van der Waals surface area contributed by atoms with Gasteiger partial charge in [-0.05, 0) is 31.6 Å². The van der Waals surface area contributed by atoms with Gasteiger partial charge in [0.25, 0.3) is 0 Å². The van der Waals surface area contributed by atoms with Crippen LogP contribution in [0.1, 0.15) is 40.0 Å². The zero-order valence-electron chi connectivity index (χ0n) is 12.2. The maximum Gasteiger partial charge on any atom is 0.328 e. The Hall–Kier alpha value is -0.770. The van der Waals surface area contributed by atoms with Crippen molar-refractivity contribution in [2.75, 3.05) is 13.0 Å². The van der Waals surface area contributed by atoms with Crippen LogP contribution < -0.4 is 0 Å². The molecule has 1 rings (SSSR count). The summed E-state index contributed by atoms with van der Waals surface area (Å²) in [6.45, 7) is 5.99. The van der Waals surface area contributed by atoms with E-state index in [0.717, 1.165) is 12.8 Å². The van der Waals surface area contributed by atoms with E-state index in [-0.39, 0.29) is 23.8 Å². The summed E-state index contributed by atoms with van der Waals surface area (Å²) in [5, 5.41) is 0. The van der Waals surface area contributed by atoms with Crippen LogP contribution in [0, 0.1) is 11.8 Å². The molecule has 3 atom stereocenters. The summed E-state index contributed by atoms with van der Waals surface area (Å²) < 4.78 is 4.77.